The van der Waals surface area contributed by atoms with E-state index in [0.717, 1.165) is 44.1 Å². The molecule has 2 aliphatic rings. The van der Waals surface area contributed by atoms with Gasteiger partial charge in [0, 0.05) is 45.5 Å². The SMILES string of the molecule is CN1CCN(c2ccc(CNC(=O)C3COCCN3)cn2)CC1.Cl.Cl.Cl. The molecule has 0 saturated carbocycles. The quantitative estimate of drug-likeness (QED) is 0.736. The summed E-state index contributed by atoms with van der Waals surface area (Å²) in [5, 5.41) is 6.08. The van der Waals surface area contributed by atoms with Gasteiger partial charge in [0.25, 0.3) is 0 Å². The van der Waals surface area contributed by atoms with Crippen molar-refractivity contribution in [3.8, 4) is 0 Å². The first-order valence-electron chi connectivity index (χ1n) is 8.19. The number of ether oxygens (including phenoxy) is 1. The Balaban J connectivity index is 0.00000208. The zero-order chi connectivity index (χ0) is 16.1. The number of hydrogen-bond acceptors (Lipinski definition) is 6. The lowest BCUT2D eigenvalue weighted by molar-refractivity contribution is -0.126. The Morgan fingerprint density at radius 2 is 2.00 bits per heavy atom. The van der Waals surface area contributed by atoms with Crippen molar-refractivity contribution in [3.05, 3.63) is 23.9 Å². The molecule has 0 spiro atoms. The molecular formula is C16H28Cl3N5O2. The highest BCUT2D eigenvalue weighted by atomic mass is 35.5. The first-order chi connectivity index (χ1) is 11.2. The first kappa shape index (κ1) is 25.2. The average molecular weight is 429 g/mol. The van der Waals surface area contributed by atoms with E-state index < -0.39 is 0 Å². The second kappa shape index (κ2) is 12.5. The Morgan fingerprint density at radius 1 is 1.27 bits per heavy atom. The van der Waals surface area contributed by atoms with Crippen LogP contribution in [0.3, 0.4) is 0 Å². The van der Waals surface area contributed by atoms with E-state index in [1.165, 1.54) is 0 Å². The largest absolute Gasteiger partial charge is 0.378 e. The van der Waals surface area contributed by atoms with Crippen LogP contribution >= 0.6 is 37.2 Å². The highest BCUT2D eigenvalue weighted by Crippen LogP contribution is 2.13. The first-order valence-corrected chi connectivity index (χ1v) is 8.19. The summed E-state index contributed by atoms with van der Waals surface area (Å²) >= 11 is 0. The van der Waals surface area contributed by atoms with Gasteiger partial charge in [-0.25, -0.2) is 4.98 Å². The fourth-order valence-electron chi connectivity index (χ4n) is 2.79. The molecule has 0 aromatic carbocycles. The maximum absolute atomic E-state index is 12.0. The molecule has 1 amide bonds. The van der Waals surface area contributed by atoms with Crippen LogP contribution in [0.4, 0.5) is 5.82 Å². The summed E-state index contributed by atoms with van der Waals surface area (Å²) < 4.78 is 5.30. The summed E-state index contributed by atoms with van der Waals surface area (Å²) in [7, 11) is 2.14. The lowest BCUT2D eigenvalue weighted by Crippen LogP contribution is -2.51. The minimum Gasteiger partial charge on any atom is -0.378 e. The van der Waals surface area contributed by atoms with Crippen LogP contribution in [-0.2, 0) is 16.1 Å². The number of rotatable bonds is 4. The standard InChI is InChI=1S/C16H25N5O2.3ClH/c1-20-5-7-21(8-6-20)15-3-2-13(10-18-15)11-19-16(22)14-12-23-9-4-17-14;;;/h2-3,10,14,17H,4-9,11-12H2,1H3,(H,19,22);3*1H. The number of carbonyl (C=O) groups excluding carboxylic acids is 1. The Hall–Kier alpha value is -0.830. The van der Waals surface area contributed by atoms with Gasteiger partial charge in [-0.05, 0) is 18.7 Å². The van der Waals surface area contributed by atoms with Gasteiger partial charge in [-0.3, -0.25) is 4.79 Å². The number of morpholine rings is 1. The van der Waals surface area contributed by atoms with Crippen LogP contribution in [0.25, 0.3) is 0 Å². The molecule has 7 nitrogen and oxygen atoms in total. The number of pyridine rings is 1. The van der Waals surface area contributed by atoms with Crippen molar-refractivity contribution in [2.75, 3.05) is 57.9 Å². The molecule has 0 bridgehead atoms. The molecule has 2 N–H and O–H groups in total. The molecule has 2 fully saturated rings. The maximum Gasteiger partial charge on any atom is 0.239 e. The molecular weight excluding hydrogens is 401 g/mol. The number of piperazine rings is 1. The normalized spacial score (nSPS) is 20.2. The molecule has 1 atom stereocenters. The molecule has 2 aliphatic heterocycles. The summed E-state index contributed by atoms with van der Waals surface area (Å²) in [6.45, 7) is 6.46. The Kier molecular flexibility index (Phi) is 12.1. The van der Waals surface area contributed by atoms with Gasteiger partial charge in [0.1, 0.15) is 11.9 Å². The monoisotopic (exact) mass is 427 g/mol. The highest BCUT2D eigenvalue weighted by molar-refractivity contribution is 5.86. The van der Waals surface area contributed by atoms with Gasteiger partial charge in [-0.2, -0.15) is 0 Å². The van der Waals surface area contributed by atoms with Crippen molar-refractivity contribution < 1.29 is 9.53 Å². The average Bonchev–Trinajstić information content (AvgIpc) is 2.61. The number of nitrogens with one attached hydrogen (secondary N) is 2. The second-order valence-corrected chi connectivity index (χ2v) is 6.11. The van der Waals surface area contributed by atoms with E-state index in [9.17, 15) is 4.79 Å². The van der Waals surface area contributed by atoms with Crippen molar-refractivity contribution in [2.24, 2.45) is 0 Å². The molecule has 150 valence electrons. The van der Waals surface area contributed by atoms with Crippen LogP contribution in [0.15, 0.2) is 18.3 Å². The van der Waals surface area contributed by atoms with Crippen molar-refractivity contribution in [3.63, 3.8) is 0 Å². The van der Waals surface area contributed by atoms with E-state index in [1.807, 2.05) is 18.3 Å². The van der Waals surface area contributed by atoms with E-state index in [1.54, 1.807) is 0 Å². The van der Waals surface area contributed by atoms with Gasteiger partial charge in [0.2, 0.25) is 5.91 Å². The third kappa shape index (κ3) is 7.06. The molecule has 1 unspecified atom stereocenters. The number of halogens is 3. The van der Waals surface area contributed by atoms with Crippen LogP contribution in [0.1, 0.15) is 5.56 Å². The second-order valence-electron chi connectivity index (χ2n) is 6.11. The molecule has 3 rings (SSSR count). The molecule has 1 aromatic heterocycles. The number of anilines is 1. The number of hydrogen-bond donors (Lipinski definition) is 2. The fraction of sp³-hybridized carbons (Fsp3) is 0.625. The molecule has 0 radical (unpaired) electrons. The smallest absolute Gasteiger partial charge is 0.239 e. The minimum atomic E-state index is -0.249. The number of amides is 1. The fourth-order valence-corrected chi connectivity index (χ4v) is 2.79. The van der Waals surface area contributed by atoms with Gasteiger partial charge < -0.3 is 25.2 Å². The predicted molar refractivity (Wildman–Crippen MR) is 110 cm³/mol. The van der Waals surface area contributed by atoms with Gasteiger partial charge >= 0.3 is 0 Å². The van der Waals surface area contributed by atoms with Gasteiger partial charge in [-0.15, -0.1) is 37.2 Å². The molecule has 10 heteroatoms. The summed E-state index contributed by atoms with van der Waals surface area (Å²) in [4.78, 5) is 21.2. The van der Waals surface area contributed by atoms with Crippen LogP contribution in [0.5, 0.6) is 0 Å². The van der Waals surface area contributed by atoms with Crippen LogP contribution in [0, 0.1) is 0 Å². The summed E-state index contributed by atoms with van der Waals surface area (Å²) in [5.41, 5.74) is 1.01. The third-order valence-electron chi connectivity index (χ3n) is 4.34. The van der Waals surface area contributed by atoms with E-state index in [0.29, 0.717) is 19.8 Å². The van der Waals surface area contributed by atoms with Gasteiger partial charge in [0.05, 0.1) is 13.2 Å². The van der Waals surface area contributed by atoms with Crippen LogP contribution in [-0.4, -0.2) is 74.8 Å². The highest BCUT2D eigenvalue weighted by Gasteiger charge is 2.20. The van der Waals surface area contributed by atoms with E-state index in [-0.39, 0.29) is 49.2 Å². The van der Waals surface area contributed by atoms with Crippen molar-refractivity contribution in [1.82, 2.24) is 20.5 Å². The lowest BCUT2D eigenvalue weighted by atomic mass is 10.2. The topological polar surface area (TPSA) is 69.7 Å². The van der Waals surface area contributed by atoms with Crippen LogP contribution < -0.4 is 15.5 Å². The van der Waals surface area contributed by atoms with E-state index in [4.69, 9.17) is 4.74 Å². The molecule has 26 heavy (non-hydrogen) atoms. The number of likely N-dealkylation sites (N-methyl/N-ethyl adjacent to an activating group) is 1. The summed E-state index contributed by atoms with van der Waals surface area (Å²) in [6.07, 6.45) is 1.85. The van der Waals surface area contributed by atoms with Crippen molar-refractivity contribution >= 4 is 48.9 Å². The third-order valence-corrected chi connectivity index (χ3v) is 4.34. The zero-order valence-corrected chi connectivity index (χ0v) is 17.3. The van der Waals surface area contributed by atoms with Crippen LogP contribution in [0.2, 0.25) is 0 Å². The predicted octanol–water partition coefficient (Wildman–Crippen LogP) is 0.703. The molecule has 1 aromatic rings. The summed E-state index contributed by atoms with van der Waals surface area (Å²) in [6, 6.07) is 3.82. The molecule has 0 aliphatic carbocycles. The molecule has 2 saturated heterocycles. The lowest BCUT2D eigenvalue weighted by Gasteiger charge is -2.33. The minimum absolute atomic E-state index is 0. The van der Waals surface area contributed by atoms with E-state index in [2.05, 4.69) is 32.5 Å². The van der Waals surface area contributed by atoms with Crippen molar-refractivity contribution in [1.29, 1.82) is 0 Å². The number of nitrogens with zero attached hydrogens (tertiary/aromatic N) is 3. The Morgan fingerprint density at radius 3 is 2.58 bits per heavy atom. The number of carbonyl (C=O) groups is 1. The van der Waals surface area contributed by atoms with Gasteiger partial charge in [-0.1, -0.05) is 6.07 Å². The molecule has 3 heterocycles. The van der Waals surface area contributed by atoms with Gasteiger partial charge in [0.15, 0.2) is 0 Å². The maximum atomic E-state index is 12.0. The number of aromatic nitrogens is 1. The van der Waals surface area contributed by atoms with Crippen molar-refractivity contribution in [2.45, 2.75) is 12.6 Å². The van der Waals surface area contributed by atoms with E-state index >= 15 is 0 Å². The summed E-state index contributed by atoms with van der Waals surface area (Å²) in [5.74, 6) is 0.989. The Labute approximate surface area is 173 Å². The zero-order valence-electron chi connectivity index (χ0n) is 14.8. The Bertz CT molecular complexity index is 521.